The highest BCUT2D eigenvalue weighted by Crippen LogP contribution is 2.46. The first-order chi connectivity index (χ1) is 30.4. The van der Waals surface area contributed by atoms with Crippen LogP contribution in [-0.4, -0.2) is 16.2 Å². The zero-order valence-corrected chi connectivity index (χ0v) is 35.2. The second-order valence-electron chi connectivity index (χ2n) is 18.2. The maximum atomic E-state index is 8.74. The van der Waals surface area contributed by atoms with Crippen LogP contribution in [0.1, 0.15) is 78.9 Å². The van der Waals surface area contributed by atoms with Gasteiger partial charge in [0.2, 0.25) is 0 Å². The molecule has 0 spiro atoms. The average Bonchev–Trinajstić information content (AvgIpc) is 3.81. The molecule has 8 aromatic rings. The number of hydrogen-bond donors (Lipinski definition) is 0. The fourth-order valence-corrected chi connectivity index (χ4v) is 8.23. The molecule has 6 aromatic carbocycles. The van der Waals surface area contributed by atoms with E-state index >= 15 is 0 Å². The van der Waals surface area contributed by atoms with Crippen molar-refractivity contribution in [3.63, 3.8) is 0 Å². The third-order valence-corrected chi connectivity index (χ3v) is 11.3. The Labute approximate surface area is 356 Å². The Morgan fingerprint density at radius 1 is 0.644 bits per heavy atom. The molecule has 2 aromatic heterocycles. The fourth-order valence-electron chi connectivity index (χ4n) is 8.23. The van der Waals surface area contributed by atoms with Crippen molar-refractivity contribution in [1.29, 1.82) is 0 Å². The van der Waals surface area contributed by atoms with E-state index in [-0.39, 0.29) is 46.5 Å². The Morgan fingerprint density at radius 3 is 1.98 bits per heavy atom. The quantitative estimate of drug-likeness (QED) is 0.154. The van der Waals surface area contributed by atoms with Gasteiger partial charge >= 0.3 is 0 Å². The van der Waals surface area contributed by atoms with Crippen LogP contribution in [-0.2, 0) is 17.3 Å². The van der Waals surface area contributed by atoms with E-state index in [0.717, 1.165) is 44.4 Å². The van der Waals surface area contributed by atoms with Gasteiger partial charge in [0.1, 0.15) is 24.0 Å². The third-order valence-electron chi connectivity index (χ3n) is 11.3. The predicted octanol–water partition coefficient (Wildman–Crippen LogP) is 14.7. The lowest BCUT2D eigenvalue weighted by Gasteiger charge is -2.29. The second kappa shape index (κ2) is 14.8. The van der Waals surface area contributed by atoms with E-state index in [0.29, 0.717) is 36.0 Å². The van der Waals surface area contributed by atoms with Gasteiger partial charge in [0.25, 0.3) is 0 Å². The predicted molar refractivity (Wildman–Crippen MR) is 248 cm³/mol. The summed E-state index contributed by atoms with van der Waals surface area (Å²) < 4.78 is 51.2. The fraction of sp³-hybridized carbons (Fsp3) is 0.241. The molecule has 3 heterocycles. The first-order valence-electron chi connectivity index (χ1n) is 23.1. The van der Waals surface area contributed by atoms with E-state index in [1.165, 1.54) is 16.8 Å². The summed E-state index contributed by atoms with van der Waals surface area (Å²) in [5.41, 5.74) is 10.5. The van der Waals surface area contributed by atoms with E-state index in [1.807, 2.05) is 36.4 Å². The molecule has 0 bridgehead atoms. The van der Waals surface area contributed by atoms with Gasteiger partial charge in [0.15, 0.2) is 0 Å². The van der Waals surface area contributed by atoms with Gasteiger partial charge in [-0.05, 0) is 106 Å². The molecule has 5 heteroatoms. The topological polar surface area (TPSA) is 33.5 Å². The summed E-state index contributed by atoms with van der Waals surface area (Å²) in [4.78, 5) is 9.71. The highest BCUT2D eigenvalue weighted by atomic mass is 16.5. The van der Waals surface area contributed by atoms with Crippen molar-refractivity contribution < 1.29 is 11.6 Å². The summed E-state index contributed by atoms with van der Waals surface area (Å²) in [6.45, 7) is 18.5. The van der Waals surface area contributed by atoms with Crippen LogP contribution >= 0.6 is 0 Å². The van der Waals surface area contributed by atoms with E-state index in [1.54, 1.807) is 6.20 Å². The maximum absolute atomic E-state index is 8.74. The molecule has 59 heavy (non-hydrogen) atoms. The maximum Gasteiger partial charge on any atom is 0.137 e. The molecule has 0 amide bonds. The van der Waals surface area contributed by atoms with Gasteiger partial charge in [-0.15, -0.1) is 0 Å². The summed E-state index contributed by atoms with van der Waals surface area (Å²) >= 11 is 0. The summed E-state index contributed by atoms with van der Waals surface area (Å²) in [5, 5.41) is 2.10. The molecular formula is C54H54N4O. The van der Waals surface area contributed by atoms with Gasteiger partial charge in [-0.2, -0.15) is 0 Å². The van der Waals surface area contributed by atoms with Gasteiger partial charge < -0.3 is 14.5 Å². The van der Waals surface area contributed by atoms with E-state index in [4.69, 9.17) is 16.6 Å². The average molecular weight is 780 g/mol. The number of para-hydroxylation sites is 3. The van der Waals surface area contributed by atoms with E-state index in [2.05, 4.69) is 149 Å². The van der Waals surface area contributed by atoms with E-state index < -0.39 is 6.04 Å². The molecule has 1 aliphatic rings. The number of hydrogen-bond acceptors (Lipinski definition) is 4. The monoisotopic (exact) mass is 779 g/mol. The molecule has 5 nitrogen and oxygen atoms in total. The Bertz CT molecular complexity index is 3060. The second-order valence-corrected chi connectivity index (χ2v) is 18.2. The standard InChI is InChI=1S/C54H54N4O/c1-36(2)27-38-28-52(55-34-47(38)37-17-10-9-11-18-37)58-48-22-13-12-21-45(48)46-26-25-44(33-51(46)58)59-43-20-16-19-41(32-43)56-35-57(50-24-15-14-23-49(50)56)42-30-39(53(3,4)5)29-40(31-42)54(6,7)8/h9-26,28-34,36H,27,35H2,1-8H3/i9D,10D,11D,17D,18D. The summed E-state index contributed by atoms with van der Waals surface area (Å²) in [6, 6.07) is 38.7. The van der Waals surface area contributed by atoms with Crippen LogP contribution in [0.15, 0.2) is 152 Å². The van der Waals surface area contributed by atoms with Gasteiger partial charge in [0.05, 0.1) is 29.3 Å². The van der Waals surface area contributed by atoms with Crippen molar-refractivity contribution in [2.75, 3.05) is 16.5 Å². The number of benzene rings is 6. The van der Waals surface area contributed by atoms with Crippen molar-refractivity contribution in [3.8, 4) is 28.4 Å². The number of anilines is 4. The highest BCUT2D eigenvalue weighted by Gasteiger charge is 2.30. The zero-order valence-electron chi connectivity index (χ0n) is 40.2. The number of aromatic nitrogens is 2. The molecule has 0 aliphatic carbocycles. The number of pyridine rings is 1. The number of nitrogens with zero attached hydrogens (tertiary/aromatic N) is 4. The van der Waals surface area contributed by atoms with E-state index in [9.17, 15) is 0 Å². The zero-order chi connectivity index (χ0) is 45.4. The molecule has 0 saturated heterocycles. The van der Waals surface area contributed by atoms with Crippen LogP contribution in [0, 0.1) is 5.92 Å². The van der Waals surface area contributed by atoms with Gasteiger partial charge in [-0.1, -0.05) is 128 Å². The van der Waals surface area contributed by atoms with Crippen LogP contribution in [0.5, 0.6) is 11.5 Å². The van der Waals surface area contributed by atoms with Crippen LogP contribution < -0.4 is 14.5 Å². The molecule has 0 N–H and O–H groups in total. The minimum Gasteiger partial charge on any atom is -0.457 e. The van der Waals surface area contributed by atoms with Crippen LogP contribution in [0.2, 0.25) is 0 Å². The van der Waals surface area contributed by atoms with Crippen molar-refractivity contribution in [3.05, 3.63) is 168 Å². The molecule has 0 saturated carbocycles. The Morgan fingerprint density at radius 2 is 1.29 bits per heavy atom. The van der Waals surface area contributed by atoms with Crippen molar-refractivity contribution in [1.82, 2.24) is 9.55 Å². The van der Waals surface area contributed by atoms with Crippen LogP contribution in [0.25, 0.3) is 38.8 Å². The van der Waals surface area contributed by atoms with Crippen molar-refractivity contribution in [2.24, 2.45) is 5.92 Å². The molecule has 296 valence electrons. The molecule has 0 radical (unpaired) electrons. The molecule has 0 unspecified atom stereocenters. The van der Waals surface area contributed by atoms with Crippen molar-refractivity contribution >= 4 is 44.6 Å². The van der Waals surface area contributed by atoms with Crippen molar-refractivity contribution in [2.45, 2.75) is 72.6 Å². The Balaban J connectivity index is 1.09. The van der Waals surface area contributed by atoms with Crippen LogP contribution in [0.4, 0.5) is 22.7 Å². The minimum absolute atomic E-state index is 0.00668. The first-order valence-corrected chi connectivity index (χ1v) is 20.6. The SMILES string of the molecule is [2H]c1c([2H])c([2H])c(-c2cnc(-n3c4ccccc4c4ccc(Oc5cccc(N6CN(c7cc(C(C)(C)C)cc(C(C)(C)C)c7)c7ccccc76)c5)cc43)cc2CC(C)C)c([2H])c1[2H]. The highest BCUT2D eigenvalue weighted by molar-refractivity contribution is 6.09. The number of rotatable bonds is 8. The van der Waals surface area contributed by atoms with Gasteiger partial charge in [0, 0.05) is 46.0 Å². The Kier molecular flexibility index (Phi) is 8.18. The summed E-state index contributed by atoms with van der Waals surface area (Å²) in [7, 11) is 0. The smallest absolute Gasteiger partial charge is 0.137 e. The molecule has 0 atom stereocenters. The summed E-state index contributed by atoms with van der Waals surface area (Å²) in [6.07, 6.45) is 2.28. The lowest BCUT2D eigenvalue weighted by Crippen LogP contribution is -2.25. The molecule has 0 fully saturated rings. The largest absolute Gasteiger partial charge is 0.457 e. The van der Waals surface area contributed by atoms with Gasteiger partial charge in [-0.3, -0.25) is 4.57 Å². The lowest BCUT2D eigenvalue weighted by molar-refractivity contribution is 0.483. The molecule has 9 rings (SSSR count). The summed E-state index contributed by atoms with van der Waals surface area (Å²) in [5.74, 6) is 2.27. The number of ether oxygens (including phenoxy) is 1. The molecular weight excluding hydrogens is 721 g/mol. The first kappa shape index (κ1) is 32.6. The van der Waals surface area contributed by atoms with Crippen LogP contribution in [0.3, 0.4) is 0 Å². The van der Waals surface area contributed by atoms with Gasteiger partial charge in [-0.25, -0.2) is 4.98 Å². The lowest BCUT2D eigenvalue weighted by atomic mass is 9.80. The normalized spacial score (nSPS) is 14.4. The minimum atomic E-state index is -0.413. The number of fused-ring (bicyclic) bond motifs is 4. The Hall–Kier alpha value is -6.33. The molecule has 1 aliphatic heterocycles. The third kappa shape index (κ3) is 7.35.